The molecule has 3 heteroatoms. The lowest BCUT2D eigenvalue weighted by Gasteiger charge is -2.27. The van der Waals surface area contributed by atoms with Crippen molar-refractivity contribution in [3.63, 3.8) is 0 Å². The summed E-state index contributed by atoms with van der Waals surface area (Å²) in [4.78, 5) is 0. The molecule has 0 spiro atoms. The first-order chi connectivity index (χ1) is 5.20. The van der Waals surface area contributed by atoms with Gasteiger partial charge in [-0.25, -0.2) is 0 Å². The second kappa shape index (κ2) is 4.33. The molecule has 1 heterocycles. The highest BCUT2D eigenvalue weighted by atomic mass is 32.2. The van der Waals surface area contributed by atoms with Crippen LogP contribution >= 0.6 is 11.8 Å². The second-order valence-electron chi connectivity index (χ2n) is 3.28. The molecule has 1 fully saturated rings. The van der Waals surface area contributed by atoms with Crippen molar-refractivity contribution < 1.29 is 10.2 Å². The monoisotopic (exact) mass is 176 g/mol. The summed E-state index contributed by atoms with van der Waals surface area (Å²) in [5, 5.41) is 18.6. The molecule has 0 bridgehead atoms. The Hall–Kier alpha value is 0.270. The Labute approximate surface area is 72.0 Å². The fourth-order valence-electron chi connectivity index (χ4n) is 1.48. The van der Waals surface area contributed by atoms with E-state index in [-0.39, 0.29) is 12.2 Å². The summed E-state index contributed by atoms with van der Waals surface area (Å²) in [6.07, 6.45) is 1.35. The van der Waals surface area contributed by atoms with Crippen LogP contribution in [-0.4, -0.2) is 33.9 Å². The van der Waals surface area contributed by atoms with E-state index in [1.807, 2.05) is 0 Å². The van der Waals surface area contributed by atoms with Crippen LogP contribution in [0.3, 0.4) is 0 Å². The first kappa shape index (κ1) is 9.36. The summed E-state index contributed by atoms with van der Waals surface area (Å²) in [6.45, 7) is 1.79. The standard InChI is InChI=1S/C8H16O2S/c1-6(9)4-7-2-3-11-5-8(7)10/h6-10H,2-5H2,1H3. The first-order valence-corrected chi connectivity index (χ1v) is 5.29. The van der Waals surface area contributed by atoms with E-state index in [1.165, 1.54) is 0 Å². The van der Waals surface area contributed by atoms with Crippen molar-refractivity contribution in [1.82, 2.24) is 0 Å². The van der Waals surface area contributed by atoms with Crippen LogP contribution in [0.15, 0.2) is 0 Å². The fourth-order valence-corrected chi connectivity index (χ4v) is 2.63. The Morgan fingerprint density at radius 3 is 2.91 bits per heavy atom. The van der Waals surface area contributed by atoms with Crippen LogP contribution in [0, 0.1) is 5.92 Å². The number of hydrogen-bond donors (Lipinski definition) is 2. The van der Waals surface area contributed by atoms with E-state index in [9.17, 15) is 5.11 Å². The predicted octanol–water partition coefficient (Wildman–Crippen LogP) is 0.871. The van der Waals surface area contributed by atoms with Gasteiger partial charge in [0.1, 0.15) is 0 Å². The smallest absolute Gasteiger partial charge is 0.0659 e. The summed E-state index contributed by atoms with van der Waals surface area (Å²) in [7, 11) is 0. The molecule has 1 aliphatic rings. The molecule has 2 nitrogen and oxygen atoms in total. The van der Waals surface area contributed by atoms with Gasteiger partial charge >= 0.3 is 0 Å². The zero-order valence-electron chi connectivity index (χ0n) is 6.86. The molecule has 0 aromatic carbocycles. The van der Waals surface area contributed by atoms with Gasteiger partial charge in [0.25, 0.3) is 0 Å². The van der Waals surface area contributed by atoms with Gasteiger partial charge in [-0.3, -0.25) is 0 Å². The van der Waals surface area contributed by atoms with Gasteiger partial charge < -0.3 is 10.2 Å². The highest BCUT2D eigenvalue weighted by molar-refractivity contribution is 7.99. The molecule has 0 amide bonds. The molecule has 3 unspecified atom stereocenters. The molecule has 3 atom stereocenters. The lowest BCUT2D eigenvalue weighted by Crippen LogP contribution is -2.30. The van der Waals surface area contributed by atoms with Crippen molar-refractivity contribution >= 4 is 11.8 Å². The van der Waals surface area contributed by atoms with Crippen molar-refractivity contribution in [3.8, 4) is 0 Å². The van der Waals surface area contributed by atoms with Crippen LogP contribution in [0.4, 0.5) is 0 Å². The van der Waals surface area contributed by atoms with Crippen LogP contribution in [-0.2, 0) is 0 Å². The minimum absolute atomic E-state index is 0.191. The molecule has 1 aliphatic heterocycles. The minimum Gasteiger partial charge on any atom is -0.393 e. The van der Waals surface area contributed by atoms with Crippen LogP contribution in [0.25, 0.3) is 0 Å². The summed E-state index contributed by atoms with van der Waals surface area (Å²) in [5.74, 6) is 2.31. The van der Waals surface area contributed by atoms with Crippen molar-refractivity contribution in [2.45, 2.75) is 32.0 Å². The Morgan fingerprint density at radius 1 is 1.64 bits per heavy atom. The van der Waals surface area contributed by atoms with Crippen LogP contribution < -0.4 is 0 Å². The molecule has 0 aromatic rings. The minimum atomic E-state index is -0.266. The number of hydrogen-bond acceptors (Lipinski definition) is 3. The maximum absolute atomic E-state index is 9.49. The van der Waals surface area contributed by atoms with Gasteiger partial charge in [-0.05, 0) is 31.4 Å². The summed E-state index contributed by atoms with van der Waals surface area (Å²) in [6, 6.07) is 0. The Kier molecular flexibility index (Phi) is 3.69. The van der Waals surface area contributed by atoms with E-state index in [0.29, 0.717) is 5.92 Å². The van der Waals surface area contributed by atoms with E-state index in [2.05, 4.69) is 0 Å². The Balaban J connectivity index is 2.29. The summed E-state index contributed by atoms with van der Waals surface area (Å²) < 4.78 is 0. The molecule has 1 saturated heterocycles. The predicted molar refractivity (Wildman–Crippen MR) is 47.7 cm³/mol. The number of rotatable bonds is 2. The highest BCUT2D eigenvalue weighted by Crippen LogP contribution is 2.26. The lowest BCUT2D eigenvalue weighted by atomic mass is 9.94. The van der Waals surface area contributed by atoms with Crippen LogP contribution in [0.2, 0.25) is 0 Å². The zero-order valence-corrected chi connectivity index (χ0v) is 7.68. The summed E-state index contributed by atoms with van der Waals surface area (Å²) in [5.41, 5.74) is 0. The third-order valence-electron chi connectivity index (χ3n) is 2.11. The molecule has 1 rings (SSSR count). The SMILES string of the molecule is CC(O)CC1CCSCC1O. The quantitative estimate of drug-likeness (QED) is 0.656. The second-order valence-corrected chi connectivity index (χ2v) is 4.43. The van der Waals surface area contributed by atoms with Gasteiger partial charge in [0.2, 0.25) is 0 Å². The van der Waals surface area contributed by atoms with E-state index < -0.39 is 0 Å². The molecule has 0 aromatic heterocycles. The average molecular weight is 176 g/mol. The van der Waals surface area contributed by atoms with E-state index in [1.54, 1.807) is 18.7 Å². The first-order valence-electron chi connectivity index (χ1n) is 4.14. The lowest BCUT2D eigenvalue weighted by molar-refractivity contribution is 0.0773. The van der Waals surface area contributed by atoms with E-state index in [4.69, 9.17) is 5.11 Å². The fraction of sp³-hybridized carbons (Fsp3) is 1.00. The molecule has 0 aliphatic carbocycles. The maximum Gasteiger partial charge on any atom is 0.0659 e. The van der Waals surface area contributed by atoms with Crippen molar-refractivity contribution in [1.29, 1.82) is 0 Å². The maximum atomic E-state index is 9.49. The van der Waals surface area contributed by atoms with Crippen molar-refractivity contribution in [2.24, 2.45) is 5.92 Å². The molecule has 2 N–H and O–H groups in total. The van der Waals surface area contributed by atoms with Gasteiger partial charge in [-0.1, -0.05) is 0 Å². The number of aliphatic hydroxyl groups is 2. The molecular weight excluding hydrogens is 160 g/mol. The zero-order chi connectivity index (χ0) is 8.27. The summed E-state index contributed by atoms with van der Waals surface area (Å²) >= 11 is 1.80. The molecule has 0 saturated carbocycles. The average Bonchev–Trinajstić information content (AvgIpc) is 1.93. The van der Waals surface area contributed by atoms with Crippen LogP contribution in [0.1, 0.15) is 19.8 Å². The van der Waals surface area contributed by atoms with Crippen molar-refractivity contribution in [3.05, 3.63) is 0 Å². The van der Waals surface area contributed by atoms with E-state index in [0.717, 1.165) is 24.3 Å². The molecular formula is C8H16O2S. The highest BCUT2D eigenvalue weighted by Gasteiger charge is 2.24. The third-order valence-corrected chi connectivity index (χ3v) is 3.21. The normalized spacial score (nSPS) is 35.2. The van der Waals surface area contributed by atoms with Gasteiger partial charge in [-0.2, -0.15) is 11.8 Å². The van der Waals surface area contributed by atoms with Crippen molar-refractivity contribution in [2.75, 3.05) is 11.5 Å². The van der Waals surface area contributed by atoms with E-state index >= 15 is 0 Å². The van der Waals surface area contributed by atoms with Gasteiger partial charge in [0.15, 0.2) is 0 Å². The molecule has 0 radical (unpaired) electrons. The van der Waals surface area contributed by atoms with Gasteiger partial charge in [0, 0.05) is 5.75 Å². The van der Waals surface area contributed by atoms with Crippen LogP contribution in [0.5, 0.6) is 0 Å². The third kappa shape index (κ3) is 3.01. The number of aliphatic hydroxyl groups excluding tert-OH is 2. The molecule has 66 valence electrons. The van der Waals surface area contributed by atoms with Gasteiger partial charge in [-0.15, -0.1) is 0 Å². The topological polar surface area (TPSA) is 40.5 Å². The Bertz CT molecular complexity index is 117. The number of thioether (sulfide) groups is 1. The molecule has 11 heavy (non-hydrogen) atoms. The Morgan fingerprint density at radius 2 is 2.36 bits per heavy atom. The largest absolute Gasteiger partial charge is 0.393 e. The van der Waals surface area contributed by atoms with Gasteiger partial charge in [0.05, 0.1) is 12.2 Å².